The highest BCUT2D eigenvalue weighted by Gasteiger charge is 2.38. The molecule has 2 atom stereocenters. The summed E-state index contributed by atoms with van der Waals surface area (Å²) in [5, 5.41) is 13.4. The predicted molar refractivity (Wildman–Crippen MR) is 79.6 cm³/mol. The van der Waals surface area contributed by atoms with E-state index in [2.05, 4.69) is 27.8 Å². The summed E-state index contributed by atoms with van der Waals surface area (Å²) in [6, 6.07) is 5.61. The van der Waals surface area contributed by atoms with Gasteiger partial charge in [-0.15, -0.1) is 0 Å². The summed E-state index contributed by atoms with van der Waals surface area (Å²) < 4.78 is 0. The zero-order valence-electron chi connectivity index (χ0n) is 11.8. The summed E-state index contributed by atoms with van der Waals surface area (Å²) in [4.78, 5) is 23.6. The summed E-state index contributed by atoms with van der Waals surface area (Å²) in [6.07, 6.45) is 2.93. The Kier molecular flexibility index (Phi) is 3.60. The summed E-state index contributed by atoms with van der Waals surface area (Å²) >= 11 is 0. The molecule has 0 spiro atoms. The van der Waals surface area contributed by atoms with E-state index in [9.17, 15) is 9.59 Å². The molecule has 0 saturated heterocycles. The number of amides is 2. The van der Waals surface area contributed by atoms with Crippen LogP contribution in [0.2, 0.25) is 0 Å². The van der Waals surface area contributed by atoms with Crippen molar-refractivity contribution < 1.29 is 9.59 Å². The van der Waals surface area contributed by atoms with E-state index >= 15 is 0 Å². The molecule has 0 bridgehead atoms. The monoisotopic (exact) mass is 286 g/mol. The summed E-state index contributed by atoms with van der Waals surface area (Å²) in [5.41, 5.74) is 1.51. The number of para-hydroxylation sites is 1. The third kappa shape index (κ3) is 3.04. The molecule has 1 saturated carbocycles. The second-order valence-electron chi connectivity index (χ2n) is 5.55. The Balaban J connectivity index is 1.50. The first-order valence-corrected chi connectivity index (χ1v) is 7.15. The van der Waals surface area contributed by atoms with Gasteiger partial charge in [-0.25, -0.2) is 0 Å². The highest BCUT2D eigenvalue weighted by molar-refractivity contribution is 6.00. The molecule has 1 heterocycles. The van der Waals surface area contributed by atoms with E-state index in [1.807, 2.05) is 18.2 Å². The van der Waals surface area contributed by atoms with Crippen molar-refractivity contribution in [1.29, 1.82) is 0 Å². The zero-order valence-corrected chi connectivity index (χ0v) is 11.8. The molecule has 0 aliphatic heterocycles. The van der Waals surface area contributed by atoms with Crippen molar-refractivity contribution in [3.8, 4) is 0 Å². The summed E-state index contributed by atoms with van der Waals surface area (Å²) in [5.74, 6) is 0.566. The molecular formula is C15H18N4O2. The molecule has 1 fully saturated rings. The van der Waals surface area contributed by atoms with Gasteiger partial charge in [0.1, 0.15) is 0 Å². The molecule has 2 amide bonds. The van der Waals surface area contributed by atoms with Crippen molar-refractivity contribution in [3.05, 3.63) is 24.4 Å². The fourth-order valence-electron chi connectivity index (χ4n) is 2.40. The van der Waals surface area contributed by atoms with Gasteiger partial charge >= 0.3 is 0 Å². The molecule has 6 nitrogen and oxygen atoms in total. The summed E-state index contributed by atoms with van der Waals surface area (Å²) in [7, 11) is 0. The van der Waals surface area contributed by atoms with E-state index in [0.717, 1.165) is 17.3 Å². The third-order valence-corrected chi connectivity index (χ3v) is 3.85. The Morgan fingerprint density at radius 1 is 1.43 bits per heavy atom. The molecule has 6 heteroatoms. The van der Waals surface area contributed by atoms with Gasteiger partial charge in [-0.3, -0.25) is 14.7 Å². The minimum atomic E-state index is -0.124. The first-order valence-electron chi connectivity index (χ1n) is 7.15. The number of carbonyl (C=O) groups excluding carboxylic acids is 2. The first-order chi connectivity index (χ1) is 10.1. The predicted octanol–water partition coefficient (Wildman–Crippen LogP) is 1.66. The van der Waals surface area contributed by atoms with Gasteiger partial charge in [0.2, 0.25) is 11.8 Å². The molecule has 1 aliphatic rings. The number of hydrogen-bond donors (Lipinski definition) is 3. The Labute approximate surface area is 122 Å². The minimum Gasteiger partial charge on any atom is -0.355 e. The van der Waals surface area contributed by atoms with Gasteiger partial charge in [-0.1, -0.05) is 19.1 Å². The van der Waals surface area contributed by atoms with Crippen molar-refractivity contribution in [2.45, 2.75) is 19.8 Å². The van der Waals surface area contributed by atoms with Gasteiger partial charge < -0.3 is 10.6 Å². The number of nitrogens with one attached hydrogen (secondary N) is 3. The number of nitrogens with zero attached hydrogens (tertiary/aromatic N) is 1. The Morgan fingerprint density at radius 3 is 3.00 bits per heavy atom. The molecule has 110 valence electrons. The van der Waals surface area contributed by atoms with Gasteiger partial charge in [0.15, 0.2) is 0 Å². The number of anilines is 1. The van der Waals surface area contributed by atoms with E-state index in [4.69, 9.17) is 0 Å². The molecule has 0 radical (unpaired) electrons. The van der Waals surface area contributed by atoms with Crippen LogP contribution in [0.25, 0.3) is 10.9 Å². The number of carbonyl (C=O) groups is 2. The van der Waals surface area contributed by atoms with Gasteiger partial charge in [-0.05, 0) is 18.4 Å². The number of benzene rings is 1. The molecule has 1 aromatic carbocycles. The Morgan fingerprint density at radius 2 is 2.24 bits per heavy atom. The number of hydrogen-bond acceptors (Lipinski definition) is 3. The van der Waals surface area contributed by atoms with Crippen molar-refractivity contribution in [3.63, 3.8) is 0 Å². The number of fused-ring (bicyclic) bond motifs is 1. The van der Waals surface area contributed by atoms with Crippen LogP contribution >= 0.6 is 0 Å². The van der Waals surface area contributed by atoms with E-state index in [-0.39, 0.29) is 24.2 Å². The Bertz CT molecular complexity index is 679. The van der Waals surface area contributed by atoms with Gasteiger partial charge in [0.25, 0.3) is 0 Å². The molecule has 3 rings (SSSR count). The van der Waals surface area contributed by atoms with Crippen LogP contribution in [0, 0.1) is 11.8 Å². The molecule has 2 aromatic rings. The minimum absolute atomic E-state index is 0.0611. The lowest BCUT2D eigenvalue weighted by Crippen LogP contribution is -2.29. The highest BCUT2D eigenvalue weighted by atomic mass is 16.2. The van der Waals surface area contributed by atoms with Crippen molar-refractivity contribution in [2.24, 2.45) is 11.8 Å². The van der Waals surface area contributed by atoms with Crippen LogP contribution in [0.4, 0.5) is 5.69 Å². The van der Waals surface area contributed by atoms with Crippen LogP contribution in [0.5, 0.6) is 0 Å². The van der Waals surface area contributed by atoms with Crippen LogP contribution in [0.1, 0.15) is 19.8 Å². The quantitative estimate of drug-likeness (QED) is 0.781. The van der Waals surface area contributed by atoms with Crippen molar-refractivity contribution >= 4 is 28.4 Å². The molecular weight excluding hydrogens is 268 g/mol. The highest BCUT2D eigenvalue weighted by Crippen LogP contribution is 2.37. The van der Waals surface area contributed by atoms with Crippen molar-refractivity contribution in [1.82, 2.24) is 15.5 Å². The smallest absolute Gasteiger partial charge is 0.226 e. The van der Waals surface area contributed by atoms with Crippen LogP contribution < -0.4 is 10.6 Å². The lowest BCUT2D eigenvalue weighted by Gasteiger charge is -2.07. The van der Waals surface area contributed by atoms with E-state index < -0.39 is 0 Å². The normalized spacial score (nSPS) is 20.2. The van der Waals surface area contributed by atoms with E-state index in [1.54, 1.807) is 6.20 Å². The number of aromatic amines is 1. The number of rotatable bonds is 5. The van der Waals surface area contributed by atoms with Gasteiger partial charge in [-0.2, -0.15) is 5.10 Å². The lowest BCUT2D eigenvalue weighted by atomic mass is 10.2. The molecule has 3 N–H and O–H groups in total. The molecule has 1 aliphatic carbocycles. The molecule has 0 unspecified atom stereocenters. The Hall–Kier alpha value is -2.37. The number of aromatic nitrogens is 2. The fraction of sp³-hybridized carbons (Fsp3) is 0.400. The topological polar surface area (TPSA) is 86.9 Å². The third-order valence-electron chi connectivity index (χ3n) is 3.85. The summed E-state index contributed by atoms with van der Waals surface area (Å²) in [6.45, 7) is 2.43. The SMILES string of the molecule is C[C@@H]1C[C@@H]1C(=O)NCCC(=O)Nc1cccc2cn[nH]c12. The second-order valence-corrected chi connectivity index (χ2v) is 5.55. The van der Waals surface area contributed by atoms with Crippen LogP contribution in [-0.4, -0.2) is 28.6 Å². The van der Waals surface area contributed by atoms with Crippen LogP contribution in [0.15, 0.2) is 24.4 Å². The van der Waals surface area contributed by atoms with Crippen LogP contribution in [0.3, 0.4) is 0 Å². The standard InChI is InChI=1S/C15H18N4O2/c1-9-7-11(9)15(21)16-6-5-13(20)18-12-4-2-3-10-8-17-19-14(10)12/h2-4,8-9,11H,5-7H2,1H3,(H,16,21)(H,17,19)(H,18,20)/t9-,11+/m1/s1. The maximum absolute atomic E-state index is 11.9. The van der Waals surface area contributed by atoms with Gasteiger partial charge in [0.05, 0.1) is 17.4 Å². The zero-order chi connectivity index (χ0) is 14.8. The maximum atomic E-state index is 11.9. The fourth-order valence-corrected chi connectivity index (χ4v) is 2.40. The largest absolute Gasteiger partial charge is 0.355 e. The number of H-pyrrole nitrogens is 1. The second kappa shape index (κ2) is 5.55. The molecule has 1 aromatic heterocycles. The van der Waals surface area contributed by atoms with Crippen LogP contribution in [-0.2, 0) is 9.59 Å². The van der Waals surface area contributed by atoms with E-state index in [1.165, 1.54) is 0 Å². The average Bonchev–Trinajstić information content (AvgIpc) is 3.00. The maximum Gasteiger partial charge on any atom is 0.226 e. The average molecular weight is 286 g/mol. The first kappa shape index (κ1) is 13.6. The van der Waals surface area contributed by atoms with E-state index in [0.29, 0.717) is 18.2 Å². The molecule has 21 heavy (non-hydrogen) atoms. The lowest BCUT2D eigenvalue weighted by molar-refractivity contribution is -0.122. The van der Waals surface area contributed by atoms with Crippen molar-refractivity contribution in [2.75, 3.05) is 11.9 Å². The van der Waals surface area contributed by atoms with Gasteiger partial charge in [0, 0.05) is 24.3 Å².